The maximum absolute atomic E-state index is 5.41. The van der Waals surface area contributed by atoms with Crippen molar-refractivity contribution in [3.63, 3.8) is 0 Å². The van der Waals surface area contributed by atoms with Gasteiger partial charge in [-0.2, -0.15) is 0 Å². The number of ether oxygens (including phenoxy) is 3. The number of hydrogen-bond donors (Lipinski definition) is 1. The molecular weight excluding hydrogens is 312 g/mol. The van der Waals surface area contributed by atoms with Gasteiger partial charge in [-0.1, -0.05) is 6.92 Å². The van der Waals surface area contributed by atoms with E-state index in [-0.39, 0.29) is 6.04 Å². The summed E-state index contributed by atoms with van der Waals surface area (Å²) < 4.78 is 16.2. The van der Waals surface area contributed by atoms with E-state index in [0.717, 1.165) is 29.2 Å². The van der Waals surface area contributed by atoms with Crippen LogP contribution in [0.25, 0.3) is 10.6 Å². The topological polar surface area (TPSA) is 52.6 Å². The zero-order valence-electron chi connectivity index (χ0n) is 14.3. The molecule has 0 amide bonds. The third-order valence-corrected chi connectivity index (χ3v) is 4.49. The summed E-state index contributed by atoms with van der Waals surface area (Å²) in [7, 11) is 4.83. The minimum Gasteiger partial charge on any atom is -0.493 e. The van der Waals surface area contributed by atoms with Gasteiger partial charge < -0.3 is 19.5 Å². The van der Waals surface area contributed by atoms with E-state index in [9.17, 15) is 0 Å². The lowest BCUT2D eigenvalue weighted by Gasteiger charge is -2.13. The molecule has 0 aliphatic carbocycles. The lowest BCUT2D eigenvalue weighted by atomic mass is 10.2. The quantitative estimate of drug-likeness (QED) is 0.792. The van der Waals surface area contributed by atoms with E-state index in [4.69, 9.17) is 19.2 Å². The van der Waals surface area contributed by atoms with E-state index in [1.807, 2.05) is 12.1 Å². The summed E-state index contributed by atoms with van der Waals surface area (Å²) in [6.07, 6.45) is 1.11. The SMILES string of the molecule is CCCNC(C)c1csc(-c2cc(OC)c(OC)c(OC)c2)n1. The van der Waals surface area contributed by atoms with Crippen molar-refractivity contribution in [2.75, 3.05) is 27.9 Å². The summed E-state index contributed by atoms with van der Waals surface area (Å²) in [6, 6.07) is 4.09. The van der Waals surface area contributed by atoms with Gasteiger partial charge in [0.1, 0.15) is 5.01 Å². The fraction of sp³-hybridized carbons (Fsp3) is 0.471. The molecule has 2 rings (SSSR count). The Morgan fingerprint density at radius 2 is 1.78 bits per heavy atom. The molecule has 1 aromatic carbocycles. The van der Waals surface area contributed by atoms with Crippen molar-refractivity contribution in [3.8, 4) is 27.8 Å². The van der Waals surface area contributed by atoms with Crippen molar-refractivity contribution in [2.45, 2.75) is 26.3 Å². The van der Waals surface area contributed by atoms with Crippen molar-refractivity contribution in [1.29, 1.82) is 0 Å². The number of thiazole rings is 1. The first-order chi connectivity index (χ1) is 11.1. The van der Waals surface area contributed by atoms with Gasteiger partial charge in [0, 0.05) is 17.0 Å². The van der Waals surface area contributed by atoms with Crippen LogP contribution in [0.15, 0.2) is 17.5 Å². The van der Waals surface area contributed by atoms with Crippen molar-refractivity contribution in [1.82, 2.24) is 10.3 Å². The van der Waals surface area contributed by atoms with Crippen LogP contribution in [0.1, 0.15) is 32.0 Å². The molecule has 1 atom stereocenters. The predicted molar refractivity (Wildman–Crippen MR) is 93.9 cm³/mol. The average Bonchev–Trinajstić information content (AvgIpc) is 3.08. The van der Waals surface area contributed by atoms with E-state index >= 15 is 0 Å². The van der Waals surface area contributed by atoms with E-state index in [1.54, 1.807) is 32.7 Å². The molecule has 0 saturated carbocycles. The van der Waals surface area contributed by atoms with Crippen LogP contribution in [0.4, 0.5) is 0 Å². The highest BCUT2D eigenvalue weighted by atomic mass is 32.1. The van der Waals surface area contributed by atoms with Crippen LogP contribution in [-0.4, -0.2) is 32.9 Å². The Morgan fingerprint density at radius 1 is 1.13 bits per heavy atom. The molecule has 2 aromatic rings. The van der Waals surface area contributed by atoms with Crippen LogP contribution in [0, 0.1) is 0 Å². The van der Waals surface area contributed by atoms with Crippen LogP contribution in [0.5, 0.6) is 17.2 Å². The van der Waals surface area contributed by atoms with E-state index in [2.05, 4.69) is 24.5 Å². The number of nitrogens with zero attached hydrogens (tertiary/aromatic N) is 1. The molecule has 0 spiro atoms. The molecule has 0 aliphatic heterocycles. The summed E-state index contributed by atoms with van der Waals surface area (Å²) in [4.78, 5) is 4.74. The molecule has 1 aromatic heterocycles. The second kappa shape index (κ2) is 8.17. The molecule has 0 saturated heterocycles. The second-order valence-corrected chi connectivity index (χ2v) is 6.03. The van der Waals surface area contributed by atoms with Gasteiger partial charge in [-0.05, 0) is 32.0 Å². The van der Waals surface area contributed by atoms with Crippen molar-refractivity contribution >= 4 is 11.3 Å². The van der Waals surface area contributed by atoms with Gasteiger partial charge in [-0.3, -0.25) is 0 Å². The van der Waals surface area contributed by atoms with Gasteiger partial charge in [0.05, 0.1) is 27.0 Å². The Morgan fingerprint density at radius 3 is 2.30 bits per heavy atom. The number of hydrogen-bond acceptors (Lipinski definition) is 6. The minimum absolute atomic E-state index is 0.238. The number of benzene rings is 1. The Balaban J connectivity index is 2.33. The monoisotopic (exact) mass is 336 g/mol. The molecule has 6 heteroatoms. The third kappa shape index (κ3) is 3.95. The maximum atomic E-state index is 5.41. The molecule has 1 heterocycles. The lowest BCUT2D eigenvalue weighted by Crippen LogP contribution is -2.19. The van der Waals surface area contributed by atoms with Gasteiger partial charge in [-0.15, -0.1) is 11.3 Å². The molecule has 0 fully saturated rings. The van der Waals surface area contributed by atoms with Gasteiger partial charge >= 0.3 is 0 Å². The summed E-state index contributed by atoms with van der Waals surface area (Å²) in [5, 5.41) is 6.48. The van der Waals surface area contributed by atoms with E-state index < -0.39 is 0 Å². The zero-order valence-corrected chi connectivity index (χ0v) is 15.1. The smallest absolute Gasteiger partial charge is 0.203 e. The standard InChI is InChI=1S/C17H24N2O3S/c1-6-7-18-11(2)13-10-23-17(19-13)12-8-14(20-3)16(22-5)15(9-12)21-4/h8-11,18H,6-7H2,1-5H3. The Hall–Kier alpha value is -1.79. The van der Waals surface area contributed by atoms with Crippen LogP contribution in [0.3, 0.4) is 0 Å². The molecule has 0 radical (unpaired) electrons. The maximum Gasteiger partial charge on any atom is 0.203 e. The number of methoxy groups -OCH3 is 3. The molecule has 5 nitrogen and oxygen atoms in total. The largest absolute Gasteiger partial charge is 0.493 e. The Labute approximate surface area is 141 Å². The van der Waals surface area contributed by atoms with Crippen molar-refractivity contribution < 1.29 is 14.2 Å². The molecule has 23 heavy (non-hydrogen) atoms. The number of aromatic nitrogens is 1. The normalized spacial score (nSPS) is 12.0. The van der Waals surface area contributed by atoms with Crippen LogP contribution in [0.2, 0.25) is 0 Å². The van der Waals surface area contributed by atoms with E-state index in [0.29, 0.717) is 17.2 Å². The number of nitrogens with one attached hydrogen (secondary N) is 1. The first kappa shape index (κ1) is 17.6. The van der Waals surface area contributed by atoms with E-state index in [1.165, 1.54) is 0 Å². The van der Waals surface area contributed by atoms with Gasteiger partial charge in [0.15, 0.2) is 11.5 Å². The summed E-state index contributed by atoms with van der Waals surface area (Å²) in [5.74, 6) is 1.86. The highest BCUT2D eigenvalue weighted by Gasteiger charge is 2.17. The predicted octanol–water partition coefficient (Wildman–Crippen LogP) is 3.90. The highest BCUT2D eigenvalue weighted by Crippen LogP contribution is 2.41. The van der Waals surface area contributed by atoms with Gasteiger partial charge in [0.25, 0.3) is 0 Å². The van der Waals surface area contributed by atoms with Crippen LogP contribution >= 0.6 is 11.3 Å². The Kier molecular flexibility index (Phi) is 6.24. The fourth-order valence-corrected chi connectivity index (χ4v) is 3.19. The molecule has 1 N–H and O–H groups in total. The summed E-state index contributed by atoms with van der Waals surface area (Å²) in [5.41, 5.74) is 2.01. The highest BCUT2D eigenvalue weighted by molar-refractivity contribution is 7.13. The second-order valence-electron chi connectivity index (χ2n) is 5.17. The number of rotatable bonds is 8. The third-order valence-electron chi connectivity index (χ3n) is 3.58. The molecule has 0 aliphatic rings. The molecule has 0 bridgehead atoms. The van der Waals surface area contributed by atoms with Crippen molar-refractivity contribution in [2.24, 2.45) is 0 Å². The van der Waals surface area contributed by atoms with Crippen molar-refractivity contribution in [3.05, 3.63) is 23.2 Å². The summed E-state index contributed by atoms with van der Waals surface area (Å²) >= 11 is 1.61. The minimum atomic E-state index is 0.238. The van der Waals surface area contributed by atoms with Gasteiger partial charge in [0.2, 0.25) is 5.75 Å². The van der Waals surface area contributed by atoms with Crippen LogP contribution in [-0.2, 0) is 0 Å². The first-order valence-corrected chi connectivity index (χ1v) is 8.51. The molecule has 126 valence electrons. The zero-order chi connectivity index (χ0) is 16.8. The summed E-state index contributed by atoms with van der Waals surface area (Å²) in [6.45, 7) is 5.27. The fourth-order valence-electron chi connectivity index (χ4n) is 2.29. The average molecular weight is 336 g/mol. The lowest BCUT2D eigenvalue weighted by molar-refractivity contribution is 0.324. The molecule has 1 unspecified atom stereocenters. The van der Waals surface area contributed by atoms with Crippen LogP contribution < -0.4 is 19.5 Å². The Bertz CT molecular complexity index is 618. The molecular formula is C17H24N2O3S. The first-order valence-electron chi connectivity index (χ1n) is 7.63. The van der Waals surface area contributed by atoms with Gasteiger partial charge in [-0.25, -0.2) is 4.98 Å².